The molecule has 0 atom stereocenters. The topological polar surface area (TPSA) is 33.6 Å². The lowest BCUT2D eigenvalue weighted by Gasteiger charge is -2.08. The maximum absolute atomic E-state index is 5.95. The summed E-state index contributed by atoms with van der Waals surface area (Å²) in [7, 11) is 0. The van der Waals surface area contributed by atoms with Crippen molar-refractivity contribution in [1.82, 2.24) is 14.8 Å². The second kappa shape index (κ2) is 5.02. The fourth-order valence-corrected chi connectivity index (χ4v) is 2.28. The maximum atomic E-state index is 5.95. The number of hydrogen-bond donors (Lipinski definition) is 1. The molecule has 5 heteroatoms. The summed E-state index contributed by atoms with van der Waals surface area (Å²) in [5.41, 5.74) is 2.17. The van der Waals surface area contributed by atoms with E-state index in [2.05, 4.69) is 17.1 Å². The molecule has 0 aliphatic heterocycles. The van der Waals surface area contributed by atoms with Crippen LogP contribution < -0.4 is 0 Å². The molecule has 1 heterocycles. The second-order valence-corrected chi connectivity index (χ2v) is 4.79. The van der Waals surface area contributed by atoms with Crippen molar-refractivity contribution in [2.24, 2.45) is 0 Å². The van der Waals surface area contributed by atoms with Gasteiger partial charge in [-0.3, -0.25) is 5.10 Å². The van der Waals surface area contributed by atoms with E-state index < -0.39 is 0 Å². The molecule has 0 aliphatic rings. The van der Waals surface area contributed by atoms with Gasteiger partial charge in [-0.25, -0.2) is 0 Å². The Morgan fingerprint density at radius 1 is 1.47 bits per heavy atom. The van der Waals surface area contributed by atoms with Crippen LogP contribution in [0.4, 0.5) is 0 Å². The molecule has 0 saturated carbocycles. The van der Waals surface area contributed by atoms with Crippen LogP contribution in [0.1, 0.15) is 18.9 Å². The van der Waals surface area contributed by atoms with Gasteiger partial charge in [0.15, 0.2) is 10.6 Å². The maximum Gasteiger partial charge on any atom is 0.195 e. The van der Waals surface area contributed by atoms with Gasteiger partial charge in [0.2, 0.25) is 0 Å². The van der Waals surface area contributed by atoms with Gasteiger partial charge in [0.25, 0.3) is 0 Å². The highest BCUT2D eigenvalue weighted by atomic mass is 35.5. The zero-order valence-corrected chi connectivity index (χ0v) is 11.4. The first-order valence-electron chi connectivity index (χ1n) is 5.55. The zero-order chi connectivity index (χ0) is 12.4. The van der Waals surface area contributed by atoms with E-state index in [0.717, 1.165) is 34.9 Å². The van der Waals surface area contributed by atoms with Gasteiger partial charge in [-0.1, -0.05) is 18.5 Å². The van der Waals surface area contributed by atoms with E-state index in [9.17, 15) is 0 Å². The predicted molar refractivity (Wildman–Crippen MR) is 72.9 cm³/mol. The normalized spacial score (nSPS) is 10.8. The monoisotopic (exact) mass is 267 g/mol. The van der Waals surface area contributed by atoms with Crippen LogP contribution >= 0.6 is 23.8 Å². The molecule has 2 rings (SSSR count). The van der Waals surface area contributed by atoms with Crippen LogP contribution in [0.25, 0.3) is 11.4 Å². The van der Waals surface area contributed by atoms with Crippen LogP contribution in [0.5, 0.6) is 0 Å². The van der Waals surface area contributed by atoms with E-state index in [4.69, 9.17) is 23.8 Å². The average Bonchev–Trinajstić information content (AvgIpc) is 2.62. The van der Waals surface area contributed by atoms with E-state index in [1.54, 1.807) is 0 Å². The number of H-pyrrole nitrogens is 1. The number of aromatic nitrogens is 3. The Balaban J connectivity index is 2.56. The molecule has 90 valence electrons. The van der Waals surface area contributed by atoms with Crippen molar-refractivity contribution < 1.29 is 0 Å². The predicted octanol–water partition coefficient (Wildman–Crippen LogP) is 3.98. The molecule has 1 aromatic carbocycles. The van der Waals surface area contributed by atoms with Gasteiger partial charge in [0, 0.05) is 17.1 Å². The Morgan fingerprint density at radius 3 is 2.88 bits per heavy atom. The largest absolute Gasteiger partial charge is 0.300 e. The van der Waals surface area contributed by atoms with Gasteiger partial charge in [-0.2, -0.15) is 5.10 Å². The van der Waals surface area contributed by atoms with Crippen LogP contribution in [0.15, 0.2) is 18.2 Å². The van der Waals surface area contributed by atoms with E-state index in [0.29, 0.717) is 4.77 Å². The van der Waals surface area contributed by atoms with Gasteiger partial charge < -0.3 is 4.57 Å². The third-order valence-corrected chi connectivity index (χ3v) is 3.18. The summed E-state index contributed by atoms with van der Waals surface area (Å²) in [6.45, 7) is 5.01. The third-order valence-electron chi connectivity index (χ3n) is 2.63. The van der Waals surface area contributed by atoms with Crippen molar-refractivity contribution in [3.8, 4) is 11.4 Å². The van der Waals surface area contributed by atoms with Crippen molar-refractivity contribution in [3.05, 3.63) is 33.6 Å². The summed E-state index contributed by atoms with van der Waals surface area (Å²) in [6, 6.07) is 5.79. The van der Waals surface area contributed by atoms with E-state index in [1.165, 1.54) is 0 Å². The molecule has 0 fully saturated rings. The first-order chi connectivity index (χ1) is 8.13. The van der Waals surface area contributed by atoms with Crippen LogP contribution in [0.3, 0.4) is 0 Å². The van der Waals surface area contributed by atoms with E-state index in [1.807, 2.05) is 29.7 Å². The summed E-state index contributed by atoms with van der Waals surface area (Å²) < 4.78 is 2.68. The number of rotatable bonds is 3. The summed E-state index contributed by atoms with van der Waals surface area (Å²) >= 11 is 11.2. The first kappa shape index (κ1) is 12.3. The number of aryl methyl sites for hydroxylation is 1. The van der Waals surface area contributed by atoms with Crippen molar-refractivity contribution in [2.45, 2.75) is 26.8 Å². The zero-order valence-electron chi connectivity index (χ0n) is 9.83. The smallest absolute Gasteiger partial charge is 0.195 e. The molecule has 1 aromatic heterocycles. The van der Waals surface area contributed by atoms with Gasteiger partial charge in [0.1, 0.15) is 0 Å². The summed E-state index contributed by atoms with van der Waals surface area (Å²) in [5.74, 6) is 0.881. The van der Waals surface area contributed by atoms with Gasteiger partial charge in [0.05, 0.1) is 0 Å². The first-order valence-corrected chi connectivity index (χ1v) is 6.34. The quantitative estimate of drug-likeness (QED) is 0.854. The molecule has 0 radical (unpaired) electrons. The van der Waals surface area contributed by atoms with E-state index >= 15 is 0 Å². The van der Waals surface area contributed by atoms with Gasteiger partial charge in [-0.15, -0.1) is 0 Å². The lowest BCUT2D eigenvalue weighted by atomic mass is 10.1. The minimum absolute atomic E-state index is 0.663. The Morgan fingerprint density at radius 2 is 2.24 bits per heavy atom. The SMILES string of the molecule is CCCn1c(-c2ccc(Cl)cc2C)n[nH]c1=S. The standard InChI is InChI=1S/C12H14ClN3S/c1-3-6-16-11(14-15-12(16)17)10-5-4-9(13)7-8(10)2/h4-5,7H,3,6H2,1-2H3,(H,15,17). The van der Waals surface area contributed by atoms with Crippen LogP contribution in [-0.2, 0) is 6.54 Å². The number of aromatic amines is 1. The number of hydrogen-bond acceptors (Lipinski definition) is 2. The minimum Gasteiger partial charge on any atom is -0.300 e. The van der Waals surface area contributed by atoms with Crippen molar-refractivity contribution >= 4 is 23.8 Å². The highest BCUT2D eigenvalue weighted by Crippen LogP contribution is 2.24. The van der Waals surface area contributed by atoms with Crippen molar-refractivity contribution in [3.63, 3.8) is 0 Å². The molecule has 0 spiro atoms. The fourth-order valence-electron chi connectivity index (χ4n) is 1.83. The molecule has 3 nitrogen and oxygen atoms in total. The summed E-state index contributed by atoms with van der Waals surface area (Å²) in [4.78, 5) is 0. The van der Waals surface area contributed by atoms with Gasteiger partial charge >= 0.3 is 0 Å². The number of benzene rings is 1. The number of nitrogens with one attached hydrogen (secondary N) is 1. The Labute approximate surface area is 110 Å². The van der Waals surface area contributed by atoms with Crippen LogP contribution in [0.2, 0.25) is 5.02 Å². The lowest BCUT2D eigenvalue weighted by molar-refractivity contribution is 0.674. The van der Waals surface area contributed by atoms with E-state index in [-0.39, 0.29) is 0 Å². The molecule has 0 amide bonds. The number of nitrogens with zero attached hydrogens (tertiary/aromatic N) is 2. The molecule has 1 N–H and O–H groups in total. The summed E-state index contributed by atoms with van der Waals surface area (Å²) in [5, 5.41) is 7.88. The molecular formula is C12H14ClN3S. The molecular weight excluding hydrogens is 254 g/mol. The van der Waals surface area contributed by atoms with Crippen molar-refractivity contribution in [2.75, 3.05) is 0 Å². The summed E-state index contributed by atoms with van der Waals surface area (Å²) in [6.07, 6.45) is 1.02. The van der Waals surface area contributed by atoms with Crippen molar-refractivity contribution in [1.29, 1.82) is 0 Å². The Bertz CT molecular complexity index is 586. The minimum atomic E-state index is 0.663. The molecule has 0 bridgehead atoms. The van der Waals surface area contributed by atoms with Gasteiger partial charge in [-0.05, 0) is 49.3 Å². The highest BCUT2D eigenvalue weighted by molar-refractivity contribution is 7.71. The Kier molecular flexibility index (Phi) is 3.64. The molecule has 2 aromatic rings. The highest BCUT2D eigenvalue weighted by Gasteiger charge is 2.10. The molecule has 0 aliphatic carbocycles. The fraction of sp³-hybridized carbons (Fsp3) is 0.333. The number of halogens is 1. The lowest BCUT2D eigenvalue weighted by Crippen LogP contribution is -2.00. The third kappa shape index (κ3) is 2.42. The molecule has 0 saturated heterocycles. The van der Waals surface area contributed by atoms with Crippen LogP contribution in [-0.4, -0.2) is 14.8 Å². The average molecular weight is 268 g/mol. The van der Waals surface area contributed by atoms with Crippen LogP contribution in [0, 0.1) is 11.7 Å². The Hall–Kier alpha value is -1.13. The second-order valence-electron chi connectivity index (χ2n) is 3.96. The molecule has 17 heavy (non-hydrogen) atoms. The molecule has 0 unspecified atom stereocenters.